The van der Waals surface area contributed by atoms with Crippen LogP contribution in [0, 0.1) is 11.7 Å². The fourth-order valence-electron chi connectivity index (χ4n) is 4.93. The number of likely N-dealkylation sites (tertiary alicyclic amines) is 1. The smallest absolute Gasteiger partial charge is 0.319 e. The Bertz CT molecular complexity index is 1020. The molecule has 0 saturated carbocycles. The van der Waals surface area contributed by atoms with Gasteiger partial charge in [0.1, 0.15) is 12.0 Å². The summed E-state index contributed by atoms with van der Waals surface area (Å²) in [5, 5.41) is 5.80. The third-order valence-corrected chi connectivity index (χ3v) is 6.89. The molecule has 0 bridgehead atoms. The maximum absolute atomic E-state index is 15.0. The van der Waals surface area contributed by atoms with Crippen molar-refractivity contribution >= 4 is 17.5 Å². The van der Waals surface area contributed by atoms with Crippen molar-refractivity contribution in [1.82, 2.24) is 10.2 Å². The van der Waals surface area contributed by atoms with E-state index in [1.807, 2.05) is 0 Å². The number of ether oxygens (including phenoxy) is 1. The predicted octanol–water partition coefficient (Wildman–Crippen LogP) is 4.60. The number of rotatable bonds is 7. The Labute approximate surface area is 205 Å². The first-order valence-corrected chi connectivity index (χ1v) is 12.3. The second-order valence-electron chi connectivity index (χ2n) is 9.55. The minimum atomic E-state index is -0.972. The summed E-state index contributed by atoms with van der Waals surface area (Å²) in [5.74, 6) is -0.439. The summed E-state index contributed by atoms with van der Waals surface area (Å²) in [6, 6.07) is 12.6. The van der Waals surface area contributed by atoms with Crippen molar-refractivity contribution in [3.8, 4) is 0 Å². The van der Waals surface area contributed by atoms with Crippen molar-refractivity contribution in [3.05, 3.63) is 65.5 Å². The van der Waals surface area contributed by atoms with E-state index >= 15 is 0 Å². The average molecular weight is 486 g/mol. The van der Waals surface area contributed by atoms with Crippen LogP contribution in [0.2, 0.25) is 0 Å². The van der Waals surface area contributed by atoms with Crippen LogP contribution in [0.15, 0.2) is 48.5 Å². The number of urea groups is 1. The topological polar surface area (TPSA) is 70.7 Å². The zero-order chi connectivity index (χ0) is 24.8. The van der Waals surface area contributed by atoms with Crippen LogP contribution >= 0.6 is 0 Å². The molecule has 0 spiro atoms. The first kappa shape index (κ1) is 25.3. The minimum Gasteiger partial charge on any atom is -0.375 e. The van der Waals surface area contributed by atoms with E-state index in [2.05, 4.69) is 15.5 Å². The van der Waals surface area contributed by atoms with Crippen LogP contribution in [0.5, 0.6) is 0 Å². The lowest BCUT2D eigenvalue weighted by Crippen LogP contribution is -2.54. The largest absolute Gasteiger partial charge is 0.375 e. The molecule has 4 rings (SSSR count). The summed E-state index contributed by atoms with van der Waals surface area (Å²) in [4.78, 5) is 26.3. The van der Waals surface area contributed by atoms with Gasteiger partial charge in [-0.05, 0) is 74.9 Å². The molecule has 4 unspecified atom stereocenters. The summed E-state index contributed by atoms with van der Waals surface area (Å²) in [6.07, 6.45) is 1.75. The zero-order valence-electron chi connectivity index (χ0n) is 20.0. The molecule has 2 fully saturated rings. The van der Waals surface area contributed by atoms with E-state index in [0.717, 1.165) is 31.4 Å². The van der Waals surface area contributed by atoms with Gasteiger partial charge in [-0.15, -0.1) is 0 Å². The number of halogens is 2. The molecule has 2 saturated heterocycles. The highest BCUT2D eigenvalue weighted by Crippen LogP contribution is 2.26. The first-order chi connectivity index (χ1) is 16.9. The lowest BCUT2D eigenvalue weighted by atomic mass is 9.88. The van der Waals surface area contributed by atoms with E-state index < -0.39 is 6.17 Å². The molecular weight excluding hydrogens is 452 g/mol. The van der Waals surface area contributed by atoms with Crippen molar-refractivity contribution in [2.24, 2.45) is 5.92 Å². The average Bonchev–Trinajstić information content (AvgIpc) is 2.83. The lowest BCUT2D eigenvalue weighted by molar-refractivity contribution is -0.0370. The highest BCUT2D eigenvalue weighted by atomic mass is 19.1. The fourth-order valence-corrected chi connectivity index (χ4v) is 4.93. The van der Waals surface area contributed by atoms with Crippen LogP contribution in [0.3, 0.4) is 0 Å². The summed E-state index contributed by atoms with van der Waals surface area (Å²) >= 11 is 0. The Morgan fingerprint density at radius 1 is 1.14 bits per heavy atom. The van der Waals surface area contributed by atoms with Crippen molar-refractivity contribution in [2.75, 3.05) is 31.6 Å². The van der Waals surface area contributed by atoms with Gasteiger partial charge in [0, 0.05) is 30.9 Å². The van der Waals surface area contributed by atoms with Crippen LogP contribution in [-0.2, 0) is 11.2 Å². The Morgan fingerprint density at radius 3 is 2.69 bits per heavy atom. The Morgan fingerprint density at radius 2 is 1.94 bits per heavy atom. The van der Waals surface area contributed by atoms with E-state index in [4.69, 9.17) is 4.74 Å². The number of benzene rings is 2. The number of ketones is 1. The number of nitrogens with one attached hydrogen (secondary N) is 2. The number of hydrogen-bond acceptors (Lipinski definition) is 4. The second-order valence-corrected chi connectivity index (χ2v) is 9.55. The van der Waals surface area contributed by atoms with Crippen molar-refractivity contribution < 1.29 is 23.1 Å². The second kappa shape index (κ2) is 11.7. The maximum Gasteiger partial charge on any atom is 0.319 e. The monoisotopic (exact) mass is 485 g/mol. The van der Waals surface area contributed by atoms with Crippen LogP contribution in [0.1, 0.15) is 42.1 Å². The zero-order valence-corrected chi connectivity index (χ0v) is 20.0. The standard InChI is InChI=1S/C27H33F2N3O3/c1-18(33)20-4-2-5-23(15-20)30-27(34)31-25-6-3-13-35-26(25)17-32-12-11-21(24(29)16-32)14-19-7-9-22(28)10-8-19/h2,4-5,7-10,15,21,24-26H,3,6,11-14,16-17H2,1H3,(H2,30,31,34). The number of amides is 2. The first-order valence-electron chi connectivity index (χ1n) is 12.3. The minimum absolute atomic E-state index is 0.0672. The molecule has 188 valence electrons. The maximum atomic E-state index is 15.0. The van der Waals surface area contributed by atoms with Gasteiger partial charge < -0.3 is 15.4 Å². The lowest BCUT2D eigenvalue weighted by Gasteiger charge is -2.39. The molecule has 0 aliphatic carbocycles. The number of piperidine rings is 1. The number of anilines is 1. The number of alkyl halides is 1. The third kappa shape index (κ3) is 7.08. The number of Topliss-reactive ketones (excluding diaryl/α,β-unsaturated/α-hetero) is 1. The van der Waals surface area contributed by atoms with Crippen molar-refractivity contribution in [2.45, 2.75) is 50.9 Å². The van der Waals surface area contributed by atoms with E-state index in [0.29, 0.717) is 37.4 Å². The molecule has 2 aliphatic heterocycles. The van der Waals surface area contributed by atoms with Crippen LogP contribution in [0.25, 0.3) is 0 Å². The molecule has 2 aromatic rings. The van der Waals surface area contributed by atoms with Gasteiger partial charge in [-0.25, -0.2) is 13.6 Å². The van der Waals surface area contributed by atoms with Gasteiger partial charge in [0.25, 0.3) is 0 Å². The number of carbonyl (C=O) groups excluding carboxylic acids is 2. The van der Waals surface area contributed by atoms with Gasteiger partial charge in [0.15, 0.2) is 5.78 Å². The van der Waals surface area contributed by atoms with Crippen molar-refractivity contribution in [3.63, 3.8) is 0 Å². The van der Waals surface area contributed by atoms with Crippen LogP contribution < -0.4 is 10.6 Å². The van der Waals surface area contributed by atoms with E-state index in [1.165, 1.54) is 19.1 Å². The van der Waals surface area contributed by atoms with Gasteiger partial charge in [0.2, 0.25) is 0 Å². The molecule has 35 heavy (non-hydrogen) atoms. The molecule has 8 heteroatoms. The Balaban J connectivity index is 1.28. The van der Waals surface area contributed by atoms with Gasteiger partial charge in [-0.2, -0.15) is 0 Å². The Kier molecular flexibility index (Phi) is 8.46. The molecule has 4 atom stereocenters. The summed E-state index contributed by atoms with van der Waals surface area (Å²) in [6.45, 7) is 3.72. The molecule has 2 aliphatic rings. The molecular formula is C27H33F2N3O3. The van der Waals surface area contributed by atoms with E-state index in [-0.39, 0.29) is 35.7 Å². The normalized spacial score (nSPS) is 25.1. The molecule has 2 N–H and O–H groups in total. The van der Waals surface area contributed by atoms with Gasteiger partial charge in [-0.3, -0.25) is 9.69 Å². The molecule has 0 aromatic heterocycles. The summed E-state index contributed by atoms with van der Waals surface area (Å²) < 4.78 is 34.1. The summed E-state index contributed by atoms with van der Waals surface area (Å²) in [5.41, 5.74) is 2.03. The SMILES string of the molecule is CC(=O)c1cccc(NC(=O)NC2CCCOC2CN2CCC(Cc3ccc(F)cc3)C(F)C2)c1. The number of carbonyl (C=O) groups is 2. The molecule has 6 nitrogen and oxygen atoms in total. The van der Waals surface area contributed by atoms with E-state index in [1.54, 1.807) is 36.4 Å². The number of nitrogens with zero attached hydrogens (tertiary/aromatic N) is 1. The van der Waals surface area contributed by atoms with Crippen molar-refractivity contribution in [1.29, 1.82) is 0 Å². The Hall–Kier alpha value is -2.84. The van der Waals surface area contributed by atoms with Crippen LogP contribution in [0.4, 0.5) is 19.3 Å². The third-order valence-electron chi connectivity index (χ3n) is 6.89. The molecule has 2 heterocycles. The van der Waals surface area contributed by atoms with Crippen LogP contribution in [-0.4, -0.2) is 61.3 Å². The quantitative estimate of drug-likeness (QED) is 0.563. The van der Waals surface area contributed by atoms with Gasteiger partial charge in [-0.1, -0.05) is 24.3 Å². The highest BCUT2D eigenvalue weighted by Gasteiger charge is 2.34. The van der Waals surface area contributed by atoms with Gasteiger partial charge >= 0.3 is 6.03 Å². The highest BCUT2D eigenvalue weighted by molar-refractivity contribution is 5.96. The fraction of sp³-hybridized carbons (Fsp3) is 0.481. The molecule has 2 amide bonds. The summed E-state index contributed by atoms with van der Waals surface area (Å²) in [7, 11) is 0. The molecule has 0 radical (unpaired) electrons. The number of hydrogen-bond donors (Lipinski definition) is 2. The molecule has 2 aromatic carbocycles. The van der Waals surface area contributed by atoms with Gasteiger partial charge in [0.05, 0.1) is 12.1 Å². The predicted molar refractivity (Wildman–Crippen MR) is 131 cm³/mol. The van der Waals surface area contributed by atoms with E-state index in [9.17, 15) is 18.4 Å².